The van der Waals surface area contributed by atoms with Crippen LogP contribution in [0.5, 0.6) is 0 Å². The molecular weight excluding hydrogens is 395 g/mol. The predicted octanol–water partition coefficient (Wildman–Crippen LogP) is 3.83. The van der Waals surface area contributed by atoms with E-state index in [-0.39, 0.29) is 29.0 Å². The first-order valence-electron chi connectivity index (χ1n) is 8.75. The number of furan rings is 1. The molecule has 2 heterocycles. The van der Waals surface area contributed by atoms with Gasteiger partial charge in [0.15, 0.2) is 5.76 Å². The highest BCUT2D eigenvalue weighted by atomic mass is 32.2. The smallest absolute Gasteiger partial charge is 0.286 e. The molecule has 0 radical (unpaired) electrons. The summed E-state index contributed by atoms with van der Waals surface area (Å²) in [7, 11) is -3.99. The first kappa shape index (κ1) is 18.9. The summed E-state index contributed by atoms with van der Waals surface area (Å²) in [6.07, 6.45) is 1.45. The molecule has 0 saturated carbocycles. The van der Waals surface area contributed by atoms with Crippen LogP contribution in [0, 0.1) is 12.7 Å². The normalized spacial score (nSPS) is 11.5. The molecule has 2 aromatic heterocycles. The maximum atomic E-state index is 13.1. The van der Waals surface area contributed by atoms with Gasteiger partial charge in [-0.05, 0) is 48.9 Å². The van der Waals surface area contributed by atoms with E-state index < -0.39 is 10.0 Å². The lowest BCUT2D eigenvalue weighted by Gasteiger charge is -2.09. The van der Waals surface area contributed by atoms with Crippen LogP contribution in [0.4, 0.5) is 10.3 Å². The third kappa shape index (κ3) is 3.90. The average molecular weight is 412 g/mol. The van der Waals surface area contributed by atoms with Crippen LogP contribution in [0.3, 0.4) is 0 Å². The molecule has 1 N–H and O–H groups in total. The van der Waals surface area contributed by atoms with Crippen molar-refractivity contribution in [3.05, 3.63) is 83.9 Å². The Hall–Kier alpha value is -3.46. The summed E-state index contributed by atoms with van der Waals surface area (Å²) < 4.78 is 45.5. The molecule has 0 fully saturated rings. The Bertz CT molecular complexity index is 1220. The fourth-order valence-corrected chi connectivity index (χ4v) is 3.87. The van der Waals surface area contributed by atoms with Gasteiger partial charge in [-0.2, -0.15) is 13.4 Å². The summed E-state index contributed by atoms with van der Waals surface area (Å²) in [6, 6.07) is 15.6. The van der Waals surface area contributed by atoms with E-state index in [1.54, 1.807) is 36.4 Å². The number of anilines is 1. The largest absolute Gasteiger partial charge is 0.461 e. The number of benzene rings is 2. The molecule has 0 amide bonds. The zero-order valence-corrected chi connectivity index (χ0v) is 16.2. The van der Waals surface area contributed by atoms with Gasteiger partial charge in [-0.25, -0.2) is 4.39 Å². The van der Waals surface area contributed by atoms with E-state index in [0.717, 1.165) is 15.2 Å². The molecule has 0 atom stereocenters. The Balaban J connectivity index is 1.73. The molecule has 0 bridgehead atoms. The lowest BCUT2D eigenvalue weighted by Crippen LogP contribution is -2.18. The zero-order chi connectivity index (χ0) is 20.4. The van der Waals surface area contributed by atoms with Gasteiger partial charge in [0.25, 0.3) is 10.0 Å². The first-order chi connectivity index (χ1) is 13.9. The van der Waals surface area contributed by atoms with Crippen LogP contribution in [-0.2, 0) is 16.6 Å². The molecule has 0 aliphatic rings. The number of halogens is 1. The second kappa shape index (κ2) is 7.51. The lowest BCUT2D eigenvalue weighted by molar-refractivity contribution is 0.573. The number of nitrogens with zero attached hydrogens (tertiary/aromatic N) is 3. The summed E-state index contributed by atoms with van der Waals surface area (Å²) in [5.74, 6) is 0.153. The van der Waals surface area contributed by atoms with Crippen LogP contribution in [0.2, 0.25) is 0 Å². The molecule has 2 aromatic carbocycles. The molecule has 9 heteroatoms. The molecule has 4 rings (SSSR count). The van der Waals surface area contributed by atoms with Crippen molar-refractivity contribution in [1.29, 1.82) is 0 Å². The van der Waals surface area contributed by atoms with Crippen LogP contribution in [0.1, 0.15) is 11.1 Å². The van der Waals surface area contributed by atoms with Gasteiger partial charge in [-0.15, -0.1) is 9.19 Å². The Morgan fingerprint density at radius 3 is 2.45 bits per heavy atom. The van der Waals surface area contributed by atoms with Crippen molar-refractivity contribution >= 4 is 16.0 Å². The maximum absolute atomic E-state index is 13.1. The number of aryl methyl sites for hydroxylation is 1. The molecule has 0 saturated heterocycles. The summed E-state index contributed by atoms with van der Waals surface area (Å²) in [4.78, 5) is 4.38. The van der Waals surface area contributed by atoms with Gasteiger partial charge in [0.05, 0.1) is 11.2 Å². The van der Waals surface area contributed by atoms with Crippen molar-refractivity contribution in [2.24, 2.45) is 0 Å². The monoisotopic (exact) mass is 412 g/mol. The summed E-state index contributed by atoms with van der Waals surface area (Å²) in [5, 5.41) is 7.12. The van der Waals surface area contributed by atoms with Crippen LogP contribution in [0.25, 0.3) is 11.6 Å². The molecule has 0 unspecified atom stereocenters. The van der Waals surface area contributed by atoms with Crippen molar-refractivity contribution in [2.45, 2.75) is 18.4 Å². The molecule has 0 spiro atoms. The molecule has 4 aromatic rings. The van der Waals surface area contributed by atoms with E-state index >= 15 is 0 Å². The predicted molar refractivity (Wildman–Crippen MR) is 105 cm³/mol. The maximum Gasteiger partial charge on any atom is 0.286 e. The van der Waals surface area contributed by atoms with Gasteiger partial charge in [-0.1, -0.05) is 29.8 Å². The zero-order valence-electron chi connectivity index (χ0n) is 15.4. The van der Waals surface area contributed by atoms with E-state index in [4.69, 9.17) is 4.42 Å². The summed E-state index contributed by atoms with van der Waals surface area (Å²) in [6.45, 7) is 2.11. The van der Waals surface area contributed by atoms with Crippen molar-refractivity contribution in [3.8, 4) is 11.6 Å². The molecule has 0 aliphatic carbocycles. The van der Waals surface area contributed by atoms with E-state index in [1.807, 2.05) is 6.92 Å². The Labute approximate surface area is 166 Å². The molecule has 29 heavy (non-hydrogen) atoms. The van der Waals surface area contributed by atoms with Crippen molar-refractivity contribution in [3.63, 3.8) is 0 Å². The fourth-order valence-electron chi connectivity index (χ4n) is 2.68. The number of rotatable bonds is 6. The van der Waals surface area contributed by atoms with E-state index in [9.17, 15) is 12.8 Å². The summed E-state index contributed by atoms with van der Waals surface area (Å²) in [5.41, 5.74) is 1.70. The Kier molecular flexibility index (Phi) is 4.89. The second-order valence-electron chi connectivity index (χ2n) is 6.38. The Morgan fingerprint density at radius 1 is 1.07 bits per heavy atom. The topological polar surface area (TPSA) is 90.0 Å². The van der Waals surface area contributed by atoms with E-state index in [2.05, 4.69) is 15.4 Å². The number of hydrogen-bond donors (Lipinski definition) is 1. The highest BCUT2D eigenvalue weighted by Crippen LogP contribution is 2.23. The van der Waals surface area contributed by atoms with Crippen LogP contribution >= 0.6 is 0 Å². The Morgan fingerprint density at radius 2 is 1.79 bits per heavy atom. The third-order valence-electron chi connectivity index (χ3n) is 4.23. The quantitative estimate of drug-likeness (QED) is 0.518. The minimum atomic E-state index is -3.99. The number of hydrogen-bond acceptors (Lipinski definition) is 6. The van der Waals surface area contributed by atoms with Gasteiger partial charge in [0, 0.05) is 6.54 Å². The minimum Gasteiger partial charge on any atom is -0.461 e. The molecule has 148 valence electrons. The lowest BCUT2D eigenvalue weighted by atomic mass is 10.2. The van der Waals surface area contributed by atoms with Crippen LogP contribution in [0.15, 0.2) is 76.2 Å². The molecule has 0 aliphatic heterocycles. The third-order valence-corrected chi connectivity index (χ3v) is 5.81. The summed E-state index contributed by atoms with van der Waals surface area (Å²) >= 11 is 0. The van der Waals surface area contributed by atoms with Crippen molar-refractivity contribution < 1.29 is 17.2 Å². The average Bonchev–Trinajstić information content (AvgIpc) is 3.38. The standard InChI is InChI=1S/C20H17FN4O3S/c1-14-4-10-17(11-5-14)29(26,27)25-20(22-13-15-6-8-16(21)9-7-15)23-19(24-25)18-3-2-12-28-18/h2-12H,13H2,1H3,(H,22,23,24). The van der Waals surface area contributed by atoms with E-state index in [0.29, 0.717) is 5.76 Å². The van der Waals surface area contributed by atoms with Crippen molar-refractivity contribution in [2.75, 3.05) is 5.32 Å². The molecule has 7 nitrogen and oxygen atoms in total. The van der Waals surface area contributed by atoms with Gasteiger partial charge in [0.1, 0.15) is 5.82 Å². The van der Waals surface area contributed by atoms with Gasteiger partial charge < -0.3 is 9.73 Å². The molecular formula is C20H17FN4O3S. The fraction of sp³-hybridized carbons (Fsp3) is 0.100. The van der Waals surface area contributed by atoms with Gasteiger partial charge >= 0.3 is 0 Å². The SMILES string of the molecule is Cc1ccc(S(=O)(=O)n2nc(-c3ccco3)nc2NCc2ccc(F)cc2)cc1. The van der Waals surface area contributed by atoms with Crippen LogP contribution in [-0.4, -0.2) is 22.6 Å². The van der Waals surface area contributed by atoms with Crippen molar-refractivity contribution in [1.82, 2.24) is 14.2 Å². The second-order valence-corrected chi connectivity index (χ2v) is 8.14. The number of nitrogens with one attached hydrogen (secondary N) is 1. The van der Waals surface area contributed by atoms with Gasteiger partial charge in [-0.3, -0.25) is 0 Å². The highest BCUT2D eigenvalue weighted by molar-refractivity contribution is 7.90. The van der Waals surface area contributed by atoms with E-state index in [1.165, 1.54) is 30.5 Å². The highest BCUT2D eigenvalue weighted by Gasteiger charge is 2.25. The minimum absolute atomic E-state index is 0.0290. The van der Waals surface area contributed by atoms with Crippen LogP contribution < -0.4 is 5.32 Å². The number of aromatic nitrogens is 3. The first-order valence-corrected chi connectivity index (χ1v) is 10.2. The van der Waals surface area contributed by atoms with Gasteiger partial charge in [0.2, 0.25) is 11.8 Å².